The molecule has 0 saturated heterocycles. The molecule has 1 unspecified atom stereocenters. The zero-order valence-electron chi connectivity index (χ0n) is 13.4. The molecular formula is C18H23N3O. The number of aromatic nitrogens is 1. The number of hydrogen-bond acceptors (Lipinski definition) is 3. The van der Waals surface area contributed by atoms with Crippen molar-refractivity contribution in [3.8, 4) is 0 Å². The van der Waals surface area contributed by atoms with Gasteiger partial charge in [-0.3, -0.25) is 9.78 Å². The molecule has 1 heterocycles. The highest BCUT2D eigenvalue weighted by Gasteiger charge is 2.12. The molecule has 0 aliphatic rings. The average Bonchev–Trinajstić information content (AvgIpc) is 2.57. The van der Waals surface area contributed by atoms with Crippen LogP contribution in [-0.4, -0.2) is 24.0 Å². The molecule has 22 heavy (non-hydrogen) atoms. The molecule has 0 aliphatic carbocycles. The first-order valence-corrected chi connectivity index (χ1v) is 7.72. The molecule has 1 aromatic heterocycles. The van der Waals surface area contributed by atoms with E-state index in [1.54, 1.807) is 6.20 Å². The van der Waals surface area contributed by atoms with Crippen molar-refractivity contribution in [2.75, 3.05) is 18.0 Å². The minimum atomic E-state index is -0.115. The average molecular weight is 297 g/mol. The second-order valence-corrected chi connectivity index (χ2v) is 5.17. The molecule has 0 spiro atoms. The fourth-order valence-electron chi connectivity index (χ4n) is 2.40. The summed E-state index contributed by atoms with van der Waals surface area (Å²) < 4.78 is 0. The second kappa shape index (κ2) is 7.59. The van der Waals surface area contributed by atoms with Gasteiger partial charge in [-0.25, -0.2) is 0 Å². The van der Waals surface area contributed by atoms with E-state index in [4.69, 9.17) is 0 Å². The van der Waals surface area contributed by atoms with Crippen LogP contribution in [0.3, 0.4) is 0 Å². The molecule has 2 rings (SSSR count). The van der Waals surface area contributed by atoms with E-state index in [2.05, 4.69) is 29.0 Å². The van der Waals surface area contributed by atoms with Crippen LogP contribution in [0.4, 0.5) is 5.69 Å². The highest BCUT2D eigenvalue weighted by atomic mass is 16.1. The van der Waals surface area contributed by atoms with Crippen LogP contribution in [0.2, 0.25) is 0 Å². The first-order chi connectivity index (χ1) is 10.7. The summed E-state index contributed by atoms with van der Waals surface area (Å²) >= 11 is 0. The van der Waals surface area contributed by atoms with Crippen LogP contribution in [0.5, 0.6) is 0 Å². The number of carbonyl (C=O) groups is 1. The van der Waals surface area contributed by atoms with Crippen molar-refractivity contribution in [2.45, 2.75) is 26.8 Å². The van der Waals surface area contributed by atoms with Crippen LogP contribution in [0.1, 0.15) is 42.9 Å². The summed E-state index contributed by atoms with van der Waals surface area (Å²) in [6.07, 6.45) is 1.73. The highest BCUT2D eigenvalue weighted by molar-refractivity contribution is 5.94. The summed E-state index contributed by atoms with van der Waals surface area (Å²) in [5.74, 6) is -0.0794. The van der Waals surface area contributed by atoms with Gasteiger partial charge in [-0.05, 0) is 57.2 Å². The highest BCUT2D eigenvalue weighted by Crippen LogP contribution is 2.16. The molecule has 0 fully saturated rings. The number of rotatable bonds is 6. The smallest absolute Gasteiger partial charge is 0.251 e. The molecule has 0 radical (unpaired) electrons. The van der Waals surface area contributed by atoms with Crippen LogP contribution in [-0.2, 0) is 0 Å². The normalized spacial score (nSPS) is 11.8. The van der Waals surface area contributed by atoms with E-state index in [9.17, 15) is 4.79 Å². The van der Waals surface area contributed by atoms with E-state index >= 15 is 0 Å². The molecule has 0 aliphatic heterocycles. The summed E-state index contributed by atoms with van der Waals surface area (Å²) in [5.41, 5.74) is 2.66. The van der Waals surface area contributed by atoms with Crippen LogP contribution in [0, 0.1) is 0 Å². The van der Waals surface area contributed by atoms with Gasteiger partial charge in [0.05, 0.1) is 11.7 Å². The maximum Gasteiger partial charge on any atom is 0.251 e. The maximum atomic E-state index is 12.3. The van der Waals surface area contributed by atoms with Gasteiger partial charge in [0.1, 0.15) is 0 Å². The van der Waals surface area contributed by atoms with Crippen molar-refractivity contribution >= 4 is 11.6 Å². The van der Waals surface area contributed by atoms with Gasteiger partial charge >= 0.3 is 0 Å². The number of hydrogen-bond donors (Lipinski definition) is 1. The number of amides is 1. The lowest BCUT2D eigenvalue weighted by Crippen LogP contribution is -2.27. The third kappa shape index (κ3) is 3.85. The predicted molar refractivity (Wildman–Crippen MR) is 90.1 cm³/mol. The Bertz CT molecular complexity index is 591. The number of carbonyl (C=O) groups excluding carboxylic acids is 1. The van der Waals surface area contributed by atoms with Crippen molar-refractivity contribution in [1.29, 1.82) is 0 Å². The summed E-state index contributed by atoms with van der Waals surface area (Å²) in [6, 6.07) is 13.3. The predicted octanol–water partition coefficient (Wildman–Crippen LogP) is 3.42. The largest absolute Gasteiger partial charge is 0.372 e. The monoisotopic (exact) mass is 297 g/mol. The van der Waals surface area contributed by atoms with Gasteiger partial charge in [-0.1, -0.05) is 6.07 Å². The topological polar surface area (TPSA) is 45.2 Å². The molecule has 4 nitrogen and oxygen atoms in total. The zero-order valence-corrected chi connectivity index (χ0v) is 13.4. The Balaban J connectivity index is 2.04. The number of nitrogens with zero attached hydrogens (tertiary/aromatic N) is 2. The Morgan fingerprint density at radius 3 is 2.36 bits per heavy atom. The lowest BCUT2D eigenvalue weighted by molar-refractivity contribution is 0.0939. The molecule has 1 atom stereocenters. The standard InChI is InChI=1S/C18H23N3O/c1-4-21(5-2)16-11-9-15(10-12-16)18(22)20-14(3)17-8-6-7-13-19-17/h6-14H,4-5H2,1-3H3,(H,20,22). The van der Waals surface area contributed by atoms with Gasteiger partial charge in [0.15, 0.2) is 0 Å². The number of benzene rings is 1. The lowest BCUT2D eigenvalue weighted by Gasteiger charge is -2.21. The summed E-state index contributed by atoms with van der Waals surface area (Å²) in [5, 5.41) is 2.97. The van der Waals surface area contributed by atoms with E-state index in [0.717, 1.165) is 24.5 Å². The van der Waals surface area contributed by atoms with Gasteiger partial charge in [-0.2, -0.15) is 0 Å². The van der Waals surface area contributed by atoms with Crippen molar-refractivity contribution in [1.82, 2.24) is 10.3 Å². The minimum Gasteiger partial charge on any atom is -0.372 e. The van der Waals surface area contributed by atoms with Crippen molar-refractivity contribution in [2.24, 2.45) is 0 Å². The molecule has 116 valence electrons. The third-order valence-corrected chi connectivity index (χ3v) is 3.74. The van der Waals surface area contributed by atoms with Gasteiger partial charge in [0.25, 0.3) is 5.91 Å². The van der Waals surface area contributed by atoms with E-state index in [0.29, 0.717) is 5.56 Å². The molecule has 1 amide bonds. The Kier molecular flexibility index (Phi) is 5.53. The molecule has 0 bridgehead atoms. The van der Waals surface area contributed by atoms with Gasteiger partial charge in [-0.15, -0.1) is 0 Å². The molecule has 0 saturated carbocycles. The second-order valence-electron chi connectivity index (χ2n) is 5.17. The summed E-state index contributed by atoms with van der Waals surface area (Å²) in [4.78, 5) is 18.8. The van der Waals surface area contributed by atoms with Crippen molar-refractivity contribution in [3.63, 3.8) is 0 Å². The quantitative estimate of drug-likeness (QED) is 0.888. The van der Waals surface area contributed by atoms with Crippen LogP contribution in [0.15, 0.2) is 48.7 Å². The van der Waals surface area contributed by atoms with Crippen LogP contribution >= 0.6 is 0 Å². The van der Waals surface area contributed by atoms with E-state index < -0.39 is 0 Å². The third-order valence-electron chi connectivity index (χ3n) is 3.74. The minimum absolute atomic E-state index is 0.0794. The van der Waals surface area contributed by atoms with Gasteiger partial charge < -0.3 is 10.2 Å². The van der Waals surface area contributed by atoms with Crippen LogP contribution in [0.25, 0.3) is 0 Å². The Hall–Kier alpha value is -2.36. The van der Waals surface area contributed by atoms with Gasteiger partial charge in [0, 0.05) is 30.5 Å². The fraction of sp³-hybridized carbons (Fsp3) is 0.333. The summed E-state index contributed by atoms with van der Waals surface area (Å²) in [7, 11) is 0. The van der Waals surface area contributed by atoms with E-state index in [1.807, 2.05) is 49.4 Å². The summed E-state index contributed by atoms with van der Waals surface area (Å²) in [6.45, 7) is 8.10. The molecule has 4 heteroatoms. The fourth-order valence-corrected chi connectivity index (χ4v) is 2.40. The number of anilines is 1. The van der Waals surface area contributed by atoms with Gasteiger partial charge in [0.2, 0.25) is 0 Å². The first kappa shape index (κ1) is 16.0. The Labute approximate surface area is 132 Å². The molecular weight excluding hydrogens is 274 g/mol. The van der Waals surface area contributed by atoms with Crippen molar-refractivity contribution in [3.05, 3.63) is 59.9 Å². The molecule has 1 aromatic carbocycles. The number of nitrogens with one attached hydrogen (secondary N) is 1. The SMILES string of the molecule is CCN(CC)c1ccc(C(=O)NC(C)c2ccccn2)cc1. The van der Waals surface area contributed by atoms with E-state index in [1.165, 1.54) is 0 Å². The molecule has 2 aromatic rings. The Morgan fingerprint density at radius 2 is 1.82 bits per heavy atom. The van der Waals surface area contributed by atoms with E-state index in [-0.39, 0.29) is 11.9 Å². The lowest BCUT2D eigenvalue weighted by atomic mass is 10.1. The first-order valence-electron chi connectivity index (χ1n) is 7.72. The maximum absolute atomic E-state index is 12.3. The van der Waals surface area contributed by atoms with Crippen LogP contribution < -0.4 is 10.2 Å². The zero-order chi connectivity index (χ0) is 15.9. The molecule has 1 N–H and O–H groups in total. The Morgan fingerprint density at radius 1 is 1.14 bits per heavy atom. The van der Waals surface area contributed by atoms with Crippen molar-refractivity contribution < 1.29 is 4.79 Å². The number of pyridine rings is 1.